The molecule has 0 spiro atoms. The molecule has 1 aliphatic heterocycles. The summed E-state index contributed by atoms with van der Waals surface area (Å²) in [6.07, 6.45) is 2.49. The number of aryl methyl sites for hydroxylation is 1. The molecule has 6 heteroatoms. The summed E-state index contributed by atoms with van der Waals surface area (Å²) in [6.45, 7) is 4.38. The number of piperidine rings is 1. The fourth-order valence-electron chi connectivity index (χ4n) is 2.69. The van der Waals surface area contributed by atoms with Gasteiger partial charge in [0.25, 0.3) is 0 Å². The Labute approximate surface area is 146 Å². The molecular formula is C18H23N3O2S. The fourth-order valence-corrected chi connectivity index (χ4v) is 3.40. The Balaban J connectivity index is 1.46. The van der Waals surface area contributed by atoms with E-state index in [0.29, 0.717) is 13.0 Å². The minimum Gasteiger partial charge on any atom is -0.486 e. The Morgan fingerprint density at radius 3 is 3.00 bits per heavy atom. The molecule has 0 saturated carbocycles. The molecule has 0 unspecified atom stereocenters. The predicted molar refractivity (Wildman–Crippen MR) is 95.4 cm³/mol. The van der Waals surface area contributed by atoms with E-state index in [9.17, 15) is 4.79 Å². The van der Waals surface area contributed by atoms with Crippen LogP contribution in [-0.4, -0.2) is 30.0 Å². The van der Waals surface area contributed by atoms with Gasteiger partial charge in [0.05, 0.1) is 12.1 Å². The van der Waals surface area contributed by atoms with Crippen LogP contribution in [0.25, 0.3) is 0 Å². The van der Waals surface area contributed by atoms with Crippen LogP contribution < -0.4 is 15.4 Å². The Bertz CT molecular complexity index is 663. The van der Waals surface area contributed by atoms with Gasteiger partial charge in [0, 0.05) is 18.0 Å². The lowest BCUT2D eigenvalue weighted by atomic mass is 10.1. The minimum absolute atomic E-state index is 0.0417. The third-order valence-electron chi connectivity index (χ3n) is 3.99. The molecule has 2 aromatic rings. The number of nitrogens with zero attached hydrogens (tertiary/aromatic N) is 1. The molecule has 1 atom stereocenters. The molecule has 1 aliphatic rings. The number of thiazole rings is 1. The van der Waals surface area contributed by atoms with Gasteiger partial charge in [-0.3, -0.25) is 4.79 Å². The quantitative estimate of drug-likeness (QED) is 0.844. The van der Waals surface area contributed by atoms with Gasteiger partial charge in [-0.25, -0.2) is 4.98 Å². The predicted octanol–water partition coefficient (Wildman–Crippen LogP) is 2.44. The summed E-state index contributed by atoms with van der Waals surface area (Å²) in [6, 6.07) is 8.19. The van der Waals surface area contributed by atoms with Crippen LogP contribution in [0.2, 0.25) is 0 Å². The number of benzene rings is 1. The lowest BCUT2D eigenvalue weighted by Gasteiger charge is -2.23. The van der Waals surface area contributed by atoms with E-state index in [4.69, 9.17) is 4.74 Å². The van der Waals surface area contributed by atoms with Crippen LogP contribution in [0, 0.1) is 6.92 Å². The number of carbonyl (C=O) groups is 1. The number of hydrogen-bond donors (Lipinski definition) is 2. The molecule has 2 N–H and O–H groups in total. The van der Waals surface area contributed by atoms with Crippen molar-refractivity contribution in [2.75, 3.05) is 13.1 Å². The van der Waals surface area contributed by atoms with Crippen molar-refractivity contribution in [2.45, 2.75) is 38.8 Å². The van der Waals surface area contributed by atoms with E-state index in [-0.39, 0.29) is 11.9 Å². The number of hydrogen-bond acceptors (Lipinski definition) is 5. The topological polar surface area (TPSA) is 63.2 Å². The van der Waals surface area contributed by atoms with E-state index in [1.807, 2.05) is 36.6 Å². The van der Waals surface area contributed by atoms with Gasteiger partial charge in [-0.05, 0) is 38.4 Å². The van der Waals surface area contributed by atoms with Crippen LogP contribution in [0.5, 0.6) is 5.75 Å². The number of amides is 1. The van der Waals surface area contributed by atoms with Gasteiger partial charge in [0.2, 0.25) is 5.91 Å². The molecule has 1 aromatic heterocycles. The number of rotatable bonds is 6. The van der Waals surface area contributed by atoms with Gasteiger partial charge in [0.15, 0.2) is 0 Å². The van der Waals surface area contributed by atoms with Crippen molar-refractivity contribution >= 4 is 17.2 Å². The fraction of sp³-hybridized carbons (Fsp3) is 0.444. The molecule has 1 saturated heterocycles. The average Bonchev–Trinajstić information content (AvgIpc) is 3.02. The van der Waals surface area contributed by atoms with Crippen molar-refractivity contribution in [1.82, 2.24) is 15.6 Å². The number of aromatic nitrogens is 1. The Kier molecular flexibility index (Phi) is 5.82. The first-order chi connectivity index (χ1) is 11.7. The summed E-state index contributed by atoms with van der Waals surface area (Å²) in [5, 5.41) is 9.19. The molecule has 24 heavy (non-hydrogen) atoms. The van der Waals surface area contributed by atoms with Crippen molar-refractivity contribution in [3.05, 3.63) is 45.9 Å². The maximum atomic E-state index is 12.1. The third kappa shape index (κ3) is 5.04. The standard InChI is InChI=1S/C18H23N3O2S/c1-13-4-6-16(7-5-13)23-11-18-21-15(12-24-18)9-17(22)20-14-3-2-8-19-10-14/h4-7,12,14,19H,2-3,8-11H2,1H3,(H,20,22)/t14-/m0/s1. The second-order valence-electron chi connectivity index (χ2n) is 6.12. The van der Waals surface area contributed by atoms with Crippen LogP contribution in [0.15, 0.2) is 29.6 Å². The zero-order valence-electron chi connectivity index (χ0n) is 13.9. The highest BCUT2D eigenvalue weighted by molar-refractivity contribution is 7.09. The normalized spacial score (nSPS) is 17.5. The van der Waals surface area contributed by atoms with Gasteiger partial charge in [-0.1, -0.05) is 17.7 Å². The van der Waals surface area contributed by atoms with Crippen molar-refractivity contribution in [2.24, 2.45) is 0 Å². The SMILES string of the molecule is Cc1ccc(OCc2nc(CC(=O)N[C@H]3CCCNC3)cs2)cc1. The van der Waals surface area contributed by atoms with Gasteiger partial charge < -0.3 is 15.4 Å². The van der Waals surface area contributed by atoms with Gasteiger partial charge in [-0.15, -0.1) is 11.3 Å². The molecule has 2 heterocycles. The van der Waals surface area contributed by atoms with Gasteiger partial charge in [0.1, 0.15) is 17.4 Å². The first kappa shape index (κ1) is 16.9. The van der Waals surface area contributed by atoms with E-state index in [1.165, 1.54) is 16.9 Å². The highest BCUT2D eigenvalue weighted by Gasteiger charge is 2.16. The highest BCUT2D eigenvalue weighted by Crippen LogP contribution is 2.16. The van der Waals surface area contributed by atoms with Crippen molar-refractivity contribution in [3.8, 4) is 5.75 Å². The zero-order chi connectivity index (χ0) is 16.8. The Morgan fingerprint density at radius 1 is 1.42 bits per heavy atom. The maximum absolute atomic E-state index is 12.1. The molecule has 3 rings (SSSR count). The van der Waals surface area contributed by atoms with E-state index in [2.05, 4.69) is 15.6 Å². The Morgan fingerprint density at radius 2 is 2.25 bits per heavy atom. The summed E-state index contributed by atoms with van der Waals surface area (Å²) >= 11 is 1.53. The van der Waals surface area contributed by atoms with E-state index < -0.39 is 0 Å². The van der Waals surface area contributed by atoms with Gasteiger partial charge >= 0.3 is 0 Å². The third-order valence-corrected chi connectivity index (χ3v) is 4.86. The van der Waals surface area contributed by atoms with Crippen molar-refractivity contribution in [3.63, 3.8) is 0 Å². The first-order valence-electron chi connectivity index (χ1n) is 8.32. The summed E-state index contributed by atoms with van der Waals surface area (Å²) < 4.78 is 5.73. The van der Waals surface area contributed by atoms with E-state index >= 15 is 0 Å². The van der Waals surface area contributed by atoms with Crippen molar-refractivity contribution < 1.29 is 9.53 Å². The maximum Gasteiger partial charge on any atom is 0.226 e. The van der Waals surface area contributed by atoms with Crippen LogP contribution in [0.1, 0.15) is 29.1 Å². The molecular weight excluding hydrogens is 322 g/mol. The van der Waals surface area contributed by atoms with E-state index in [1.54, 1.807) is 0 Å². The molecule has 128 valence electrons. The van der Waals surface area contributed by atoms with Crippen LogP contribution in [0.3, 0.4) is 0 Å². The molecule has 1 fully saturated rings. The van der Waals surface area contributed by atoms with Crippen LogP contribution >= 0.6 is 11.3 Å². The second kappa shape index (κ2) is 8.26. The molecule has 0 bridgehead atoms. The van der Waals surface area contributed by atoms with Crippen LogP contribution in [0.4, 0.5) is 0 Å². The molecule has 0 radical (unpaired) electrons. The molecule has 1 aromatic carbocycles. The minimum atomic E-state index is 0.0417. The number of carbonyl (C=O) groups excluding carboxylic acids is 1. The number of nitrogens with one attached hydrogen (secondary N) is 2. The average molecular weight is 345 g/mol. The second-order valence-corrected chi connectivity index (χ2v) is 7.06. The molecule has 5 nitrogen and oxygen atoms in total. The molecule has 1 amide bonds. The number of ether oxygens (including phenoxy) is 1. The van der Waals surface area contributed by atoms with Gasteiger partial charge in [-0.2, -0.15) is 0 Å². The Hall–Kier alpha value is -1.92. The largest absolute Gasteiger partial charge is 0.486 e. The van der Waals surface area contributed by atoms with E-state index in [0.717, 1.165) is 42.4 Å². The zero-order valence-corrected chi connectivity index (χ0v) is 14.7. The van der Waals surface area contributed by atoms with Crippen LogP contribution in [-0.2, 0) is 17.8 Å². The highest BCUT2D eigenvalue weighted by atomic mass is 32.1. The summed E-state index contributed by atoms with van der Waals surface area (Å²) in [5.74, 6) is 0.875. The summed E-state index contributed by atoms with van der Waals surface area (Å²) in [7, 11) is 0. The summed E-state index contributed by atoms with van der Waals surface area (Å²) in [5.41, 5.74) is 2.02. The monoisotopic (exact) mass is 345 g/mol. The summed E-state index contributed by atoms with van der Waals surface area (Å²) in [4.78, 5) is 16.6. The first-order valence-corrected chi connectivity index (χ1v) is 9.20. The lowest BCUT2D eigenvalue weighted by Crippen LogP contribution is -2.46. The van der Waals surface area contributed by atoms with Crippen molar-refractivity contribution in [1.29, 1.82) is 0 Å². The molecule has 0 aliphatic carbocycles. The lowest BCUT2D eigenvalue weighted by molar-refractivity contribution is -0.121. The smallest absolute Gasteiger partial charge is 0.226 e.